The quantitative estimate of drug-likeness (QED) is 0.635. The number of esters is 1. The van der Waals surface area contributed by atoms with Crippen molar-refractivity contribution in [2.45, 2.75) is 32.9 Å². The highest BCUT2D eigenvalue weighted by molar-refractivity contribution is 7.81. The fourth-order valence-electron chi connectivity index (χ4n) is 1.08. The minimum Gasteiger partial charge on any atom is -0.455 e. The third kappa shape index (κ3) is 3.72. The van der Waals surface area contributed by atoms with Crippen molar-refractivity contribution in [1.29, 1.82) is 0 Å². The fraction of sp³-hybridized carbons (Fsp3) is 0.500. The van der Waals surface area contributed by atoms with Gasteiger partial charge in [0.25, 0.3) is 0 Å². The minimum atomic E-state index is -0.573. The number of carbonyl (C=O) groups excluding carboxylic acids is 1. The summed E-state index contributed by atoms with van der Waals surface area (Å²) in [5.41, 5.74) is 10.6. The van der Waals surface area contributed by atoms with E-state index in [1.165, 1.54) is 11.3 Å². The van der Waals surface area contributed by atoms with Crippen LogP contribution in [-0.2, 0) is 11.3 Å². The monoisotopic (exact) mass is 273 g/mol. The van der Waals surface area contributed by atoms with Crippen LogP contribution in [0.2, 0.25) is 0 Å². The molecule has 0 aromatic carbocycles. The summed E-state index contributed by atoms with van der Waals surface area (Å²) >= 11 is 6.03. The Balaban J connectivity index is 3.04. The van der Waals surface area contributed by atoms with E-state index in [2.05, 4.69) is 4.98 Å². The van der Waals surface area contributed by atoms with Gasteiger partial charge in [-0.15, -0.1) is 11.3 Å². The molecule has 0 bridgehead atoms. The van der Waals surface area contributed by atoms with E-state index < -0.39 is 11.6 Å². The van der Waals surface area contributed by atoms with Crippen molar-refractivity contribution in [1.82, 2.24) is 4.98 Å². The zero-order valence-electron chi connectivity index (χ0n) is 9.94. The largest absolute Gasteiger partial charge is 0.455 e. The van der Waals surface area contributed by atoms with E-state index in [4.69, 9.17) is 28.4 Å². The molecule has 0 atom stereocenters. The van der Waals surface area contributed by atoms with Gasteiger partial charge >= 0.3 is 5.97 Å². The number of ether oxygens (including phenoxy) is 1. The molecule has 0 fully saturated rings. The van der Waals surface area contributed by atoms with Crippen molar-refractivity contribution in [2.24, 2.45) is 11.5 Å². The SMILES string of the molecule is CC(C)(C)OC(=O)c1nc(C(N)=S)sc1CN. The van der Waals surface area contributed by atoms with Gasteiger partial charge in [0.15, 0.2) is 10.7 Å². The number of thiocarbonyl (C=S) groups is 1. The van der Waals surface area contributed by atoms with Crippen LogP contribution < -0.4 is 11.5 Å². The topological polar surface area (TPSA) is 91.2 Å². The third-order valence-corrected chi connectivity index (χ3v) is 3.12. The number of hydrogen-bond donors (Lipinski definition) is 2. The summed E-state index contributed by atoms with van der Waals surface area (Å²) < 4.78 is 5.22. The lowest BCUT2D eigenvalue weighted by molar-refractivity contribution is 0.00625. The fourth-order valence-corrected chi connectivity index (χ4v) is 2.03. The number of carbonyl (C=O) groups is 1. The van der Waals surface area contributed by atoms with Crippen molar-refractivity contribution >= 4 is 34.5 Å². The molecule has 0 saturated heterocycles. The summed E-state index contributed by atoms with van der Waals surface area (Å²) in [5, 5.41) is 0.432. The van der Waals surface area contributed by atoms with E-state index in [0.29, 0.717) is 9.88 Å². The molecule has 0 aliphatic carbocycles. The molecule has 4 N–H and O–H groups in total. The predicted molar refractivity (Wildman–Crippen MR) is 71.1 cm³/mol. The van der Waals surface area contributed by atoms with Gasteiger partial charge in [-0.2, -0.15) is 0 Å². The Morgan fingerprint density at radius 2 is 2.12 bits per heavy atom. The van der Waals surface area contributed by atoms with Gasteiger partial charge < -0.3 is 16.2 Å². The molecule has 1 rings (SSSR count). The molecule has 1 heterocycles. The molecule has 0 aliphatic rings. The standard InChI is InChI=1S/C10H15N3O2S2/c1-10(2,3)15-9(14)6-5(4-11)17-8(13-6)7(12)16/h4,11H2,1-3H3,(H2,12,16). The van der Waals surface area contributed by atoms with Gasteiger partial charge in [-0.3, -0.25) is 0 Å². The molecule has 0 amide bonds. The van der Waals surface area contributed by atoms with E-state index in [9.17, 15) is 4.79 Å². The molecular formula is C10H15N3O2S2. The molecule has 0 saturated carbocycles. The van der Waals surface area contributed by atoms with E-state index in [1.807, 2.05) is 0 Å². The third-order valence-electron chi connectivity index (χ3n) is 1.69. The van der Waals surface area contributed by atoms with E-state index in [-0.39, 0.29) is 17.2 Å². The number of aromatic nitrogens is 1. The number of nitrogens with two attached hydrogens (primary N) is 2. The van der Waals surface area contributed by atoms with E-state index >= 15 is 0 Å². The first-order chi connectivity index (χ1) is 7.74. The van der Waals surface area contributed by atoms with Gasteiger partial charge in [-0.05, 0) is 20.8 Å². The van der Waals surface area contributed by atoms with Crippen LogP contribution in [0, 0.1) is 0 Å². The average Bonchev–Trinajstić information content (AvgIpc) is 2.58. The van der Waals surface area contributed by atoms with Crippen LogP contribution in [0.15, 0.2) is 0 Å². The van der Waals surface area contributed by atoms with Gasteiger partial charge in [0.2, 0.25) is 0 Å². The lowest BCUT2D eigenvalue weighted by Crippen LogP contribution is -2.25. The summed E-state index contributed by atoms with van der Waals surface area (Å²) in [4.78, 5) is 16.7. The van der Waals surface area contributed by atoms with Crippen molar-refractivity contribution in [3.63, 3.8) is 0 Å². The van der Waals surface area contributed by atoms with Crippen LogP contribution >= 0.6 is 23.6 Å². The summed E-state index contributed by atoms with van der Waals surface area (Å²) in [6.07, 6.45) is 0. The Morgan fingerprint density at radius 1 is 1.53 bits per heavy atom. The molecule has 0 aliphatic heterocycles. The first-order valence-electron chi connectivity index (χ1n) is 4.97. The van der Waals surface area contributed by atoms with Crippen LogP contribution in [-0.4, -0.2) is 21.5 Å². The smallest absolute Gasteiger partial charge is 0.358 e. The van der Waals surface area contributed by atoms with Crippen molar-refractivity contribution < 1.29 is 9.53 Å². The van der Waals surface area contributed by atoms with E-state index in [0.717, 1.165) is 0 Å². The second kappa shape index (κ2) is 5.07. The molecule has 17 heavy (non-hydrogen) atoms. The minimum absolute atomic E-state index is 0.152. The van der Waals surface area contributed by atoms with Gasteiger partial charge in [-0.1, -0.05) is 12.2 Å². The normalized spacial score (nSPS) is 11.3. The van der Waals surface area contributed by atoms with Crippen LogP contribution in [0.3, 0.4) is 0 Å². The molecule has 5 nitrogen and oxygen atoms in total. The molecular weight excluding hydrogens is 258 g/mol. The van der Waals surface area contributed by atoms with Crippen molar-refractivity contribution in [2.75, 3.05) is 0 Å². The maximum absolute atomic E-state index is 11.9. The Bertz CT molecular complexity index is 449. The highest BCUT2D eigenvalue weighted by Crippen LogP contribution is 2.21. The summed E-state index contributed by atoms with van der Waals surface area (Å²) in [5.74, 6) is -0.503. The lowest BCUT2D eigenvalue weighted by atomic mass is 10.2. The highest BCUT2D eigenvalue weighted by Gasteiger charge is 2.24. The van der Waals surface area contributed by atoms with Gasteiger partial charge in [-0.25, -0.2) is 9.78 Å². The molecule has 0 spiro atoms. The van der Waals surface area contributed by atoms with Crippen molar-refractivity contribution in [3.8, 4) is 0 Å². The Kier molecular flexibility index (Phi) is 4.18. The predicted octanol–water partition coefficient (Wildman–Crippen LogP) is 1.19. The Hall–Kier alpha value is -1.05. The first kappa shape index (κ1) is 14.0. The summed E-state index contributed by atoms with van der Waals surface area (Å²) in [6, 6.07) is 0. The number of hydrogen-bond acceptors (Lipinski definition) is 6. The molecule has 0 radical (unpaired) electrons. The van der Waals surface area contributed by atoms with Crippen LogP contribution in [0.25, 0.3) is 0 Å². The van der Waals surface area contributed by atoms with Gasteiger partial charge in [0.1, 0.15) is 10.6 Å². The van der Waals surface area contributed by atoms with E-state index in [1.54, 1.807) is 20.8 Å². The number of nitrogens with zero attached hydrogens (tertiary/aromatic N) is 1. The molecule has 94 valence electrons. The molecule has 7 heteroatoms. The maximum Gasteiger partial charge on any atom is 0.358 e. The zero-order valence-corrected chi connectivity index (χ0v) is 11.6. The van der Waals surface area contributed by atoms with Crippen LogP contribution in [0.1, 0.15) is 41.1 Å². The average molecular weight is 273 g/mol. The molecule has 0 unspecified atom stereocenters. The lowest BCUT2D eigenvalue weighted by Gasteiger charge is -2.18. The second-order valence-electron chi connectivity index (χ2n) is 4.36. The number of rotatable bonds is 3. The molecule has 1 aromatic rings. The summed E-state index contributed by atoms with van der Waals surface area (Å²) in [7, 11) is 0. The van der Waals surface area contributed by atoms with Crippen LogP contribution in [0.5, 0.6) is 0 Å². The Morgan fingerprint density at radius 3 is 2.53 bits per heavy atom. The second-order valence-corrected chi connectivity index (χ2v) is 5.88. The maximum atomic E-state index is 11.9. The zero-order chi connectivity index (χ0) is 13.2. The molecule has 1 aromatic heterocycles. The highest BCUT2D eigenvalue weighted by atomic mass is 32.1. The number of thiazole rings is 1. The first-order valence-corrected chi connectivity index (χ1v) is 6.20. The van der Waals surface area contributed by atoms with Crippen molar-refractivity contribution in [3.05, 3.63) is 15.6 Å². The van der Waals surface area contributed by atoms with Crippen LogP contribution in [0.4, 0.5) is 0 Å². The summed E-state index contributed by atoms with van der Waals surface area (Å²) in [6.45, 7) is 5.56. The van der Waals surface area contributed by atoms with Gasteiger partial charge in [0, 0.05) is 6.54 Å². The van der Waals surface area contributed by atoms with Gasteiger partial charge in [0.05, 0.1) is 4.88 Å². The Labute approximate surface area is 109 Å².